The van der Waals surface area contributed by atoms with Crippen LogP contribution in [0.15, 0.2) is 12.1 Å². The Kier molecular flexibility index (Phi) is 5.04. The number of rotatable bonds is 5. The maximum absolute atomic E-state index is 12.3. The van der Waals surface area contributed by atoms with Crippen molar-refractivity contribution in [1.82, 2.24) is 5.32 Å². The molecule has 1 aromatic carbocycles. The molecule has 6 nitrogen and oxygen atoms in total. The van der Waals surface area contributed by atoms with Crippen molar-refractivity contribution in [3.8, 4) is 0 Å². The number of hydrogen-bond donors (Lipinski definition) is 2. The van der Waals surface area contributed by atoms with Crippen LogP contribution in [0.1, 0.15) is 35.2 Å². The molecule has 1 aromatic rings. The third-order valence-electron chi connectivity index (χ3n) is 4.78. The van der Waals surface area contributed by atoms with Gasteiger partial charge < -0.3 is 15.8 Å². The minimum atomic E-state index is -0.919. The lowest BCUT2D eigenvalue weighted by Gasteiger charge is -2.27. The number of carbonyl (C=O) groups excluding carboxylic acids is 3. The highest BCUT2D eigenvalue weighted by atomic mass is 35.5. The summed E-state index contributed by atoms with van der Waals surface area (Å²) >= 11 is 11.9. The van der Waals surface area contributed by atoms with Crippen LogP contribution >= 0.6 is 23.2 Å². The smallest absolute Gasteiger partial charge is 0.250 e. The van der Waals surface area contributed by atoms with Gasteiger partial charge in [-0.1, -0.05) is 29.3 Å². The van der Waals surface area contributed by atoms with E-state index in [4.69, 9.17) is 33.7 Å². The molecular weight excluding hydrogens is 367 g/mol. The number of benzene rings is 1. The first kappa shape index (κ1) is 18.2. The second-order valence-electron chi connectivity index (χ2n) is 6.24. The Bertz CT molecular complexity index is 752. The number of carbonyl (C=O) groups is 3. The predicted molar refractivity (Wildman–Crippen MR) is 92.5 cm³/mol. The van der Waals surface area contributed by atoms with Gasteiger partial charge >= 0.3 is 0 Å². The first-order chi connectivity index (χ1) is 11.8. The molecule has 2 unspecified atom stereocenters. The highest BCUT2D eigenvalue weighted by molar-refractivity contribution is 6.44. The molecule has 0 aromatic heterocycles. The third kappa shape index (κ3) is 3.26. The minimum Gasteiger partial charge on any atom is -0.367 e. The van der Waals surface area contributed by atoms with Crippen LogP contribution in [0.3, 0.4) is 0 Å². The summed E-state index contributed by atoms with van der Waals surface area (Å²) in [6.45, 7) is 0.0313. The fourth-order valence-corrected chi connectivity index (χ4v) is 3.97. The summed E-state index contributed by atoms with van der Waals surface area (Å²) in [4.78, 5) is 36.1. The second kappa shape index (κ2) is 6.94. The largest absolute Gasteiger partial charge is 0.367 e. The SMILES string of the molecule is NC(=O)c1c(C[CH]C(=O)NC23CCCC2OCC3=O)ccc(Cl)c1Cl. The Hall–Kier alpha value is -1.63. The zero-order chi connectivity index (χ0) is 18.2. The van der Waals surface area contributed by atoms with Crippen molar-refractivity contribution in [2.45, 2.75) is 37.3 Å². The molecule has 1 aliphatic carbocycles. The first-order valence-electron chi connectivity index (χ1n) is 7.92. The Morgan fingerprint density at radius 2 is 2.16 bits per heavy atom. The van der Waals surface area contributed by atoms with Gasteiger partial charge in [0.1, 0.15) is 12.1 Å². The second-order valence-corrected chi connectivity index (χ2v) is 7.03. The summed E-state index contributed by atoms with van der Waals surface area (Å²) in [6, 6.07) is 3.13. The molecule has 1 saturated heterocycles. The average Bonchev–Trinajstić information content (AvgIpc) is 3.08. The number of primary amides is 1. The van der Waals surface area contributed by atoms with Gasteiger partial charge in [-0.15, -0.1) is 0 Å². The van der Waals surface area contributed by atoms with Crippen LogP contribution in [0.5, 0.6) is 0 Å². The van der Waals surface area contributed by atoms with Gasteiger partial charge in [0.25, 0.3) is 5.91 Å². The van der Waals surface area contributed by atoms with Gasteiger partial charge in [0, 0.05) is 0 Å². The van der Waals surface area contributed by atoms with Crippen molar-refractivity contribution in [3.05, 3.63) is 39.7 Å². The molecule has 8 heteroatoms. The molecule has 25 heavy (non-hydrogen) atoms. The molecule has 3 N–H and O–H groups in total. The van der Waals surface area contributed by atoms with Crippen LogP contribution < -0.4 is 11.1 Å². The molecule has 133 valence electrons. The molecule has 1 radical (unpaired) electrons. The van der Waals surface area contributed by atoms with Crippen molar-refractivity contribution in [2.75, 3.05) is 6.61 Å². The summed E-state index contributed by atoms with van der Waals surface area (Å²) in [5, 5.41) is 3.08. The molecule has 0 spiro atoms. The van der Waals surface area contributed by atoms with Crippen LogP contribution in [-0.2, 0) is 20.7 Å². The zero-order valence-corrected chi connectivity index (χ0v) is 14.8. The van der Waals surface area contributed by atoms with E-state index in [1.54, 1.807) is 6.07 Å². The molecular formula is C17H17Cl2N2O4. The van der Waals surface area contributed by atoms with Crippen LogP contribution in [0, 0.1) is 6.42 Å². The average molecular weight is 384 g/mol. The molecule has 1 heterocycles. The van der Waals surface area contributed by atoms with Gasteiger partial charge in [-0.25, -0.2) is 0 Å². The van der Waals surface area contributed by atoms with Gasteiger partial charge in [0.2, 0.25) is 5.91 Å². The lowest BCUT2D eigenvalue weighted by atomic mass is 9.92. The molecule has 2 amide bonds. The quantitative estimate of drug-likeness (QED) is 0.810. The molecule has 0 bridgehead atoms. The monoisotopic (exact) mass is 383 g/mol. The highest BCUT2D eigenvalue weighted by Crippen LogP contribution is 2.38. The zero-order valence-electron chi connectivity index (χ0n) is 13.3. The number of ketones is 1. The summed E-state index contributed by atoms with van der Waals surface area (Å²) in [7, 11) is 0. The van der Waals surface area contributed by atoms with E-state index >= 15 is 0 Å². The number of ether oxygens (including phenoxy) is 1. The molecule has 2 fully saturated rings. The van der Waals surface area contributed by atoms with Crippen LogP contribution in [0.2, 0.25) is 10.0 Å². The Morgan fingerprint density at radius 3 is 2.88 bits per heavy atom. The van der Waals surface area contributed by atoms with Gasteiger partial charge in [-0.2, -0.15) is 0 Å². The summed E-state index contributed by atoms with van der Waals surface area (Å²) in [6.07, 6.45) is 3.40. The van der Waals surface area contributed by atoms with Gasteiger partial charge in [-0.05, 0) is 37.3 Å². The third-order valence-corrected chi connectivity index (χ3v) is 5.59. The maximum Gasteiger partial charge on any atom is 0.250 e. The van der Waals surface area contributed by atoms with E-state index in [9.17, 15) is 14.4 Å². The standard InChI is InChI=1S/C17H17Cl2N2O4/c18-10-5-3-9(14(15(10)19)16(20)24)4-6-13(23)21-17-7-1-2-12(17)25-8-11(17)22/h3,5-6,12H,1-2,4,7-8H2,(H2,20,24)(H,21,23). The highest BCUT2D eigenvalue weighted by Gasteiger charge is 2.54. The summed E-state index contributed by atoms with van der Waals surface area (Å²) < 4.78 is 5.46. The van der Waals surface area contributed by atoms with Gasteiger partial charge in [0.05, 0.1) is 28.1 Å². The Balaban J connectivity index is 1.70. The van der Waals surface area contributed by atoms with Gasteiger partial charge in [-0.3, -0.25) is 14.4 Å². The van der Waals surface area contributed by atoms with E-state index in [-0.39, 0.29) is 40.5 Å². The number of nitrogens with two attached hydrogens (primary N) is 1. The minimum absolute atomic E-state index is 0.0313. The predicted octanol–water partition coefficient (Wildman–Crippen LogP) is 1.85. The van der Waals surface area contributed by atoms with Crippen molar-refractivity contribution >= 4 is 40.8 Å². The number of halogens is 2. The number of fused-ring (bicyclic) bond motifs is 1. The van der Waals surface area contributed by atoms with Crippen molar-refractivity contribution in [1.29, 1.82) is 0 Å². The van der Waals surface area contributed by atoms with E-state index in [0.717, 1.165) is 12.8 Å². The van der Waals surface area contributed by atoms with E-state index in [1.807, 2.05) is 0 Å². The fourth-order valence-electron chi connectivity index (χ4n) is 3.54. The normalized spacial score (nSPS) is 25.0. The fraction of sp³-hybridized carbons (Fsp3) is 0.412. The van der Waals surface area contributed by atoms with Crippen molar-refractivity contribution < 1.29 is 19.1 Å². The molecule has 1 saturated carbocycles. The Labute approximate surface area is 155 Å². The summed E-state index contributed by atoms with van der Waals surface area (Å²) in [5.41, 5.74) is 5.02. The lowest BCUT2D eigenvalue weighted by Crippen LogP contribution is -2.56. The molecule has 2 aliphatic rings. The maximum atomic E-state index is 12.3. The van der Waals surface area contributed by atoms with Gasteiger partial charge in [0.15, 0.2) is 5.78 Å². The topological polar surface area (TPSA) is 98.5 Å². The van der Waals surface area contributed by atoms with E-state index in [0.29, 0.717) is 12.0 Å². The van der Waals surface area contributed by atoms with Crippen molar-refractivity contribution in [3.63, 3.8) is 0 Å². The number of amides is 2. The van der Waals surface area contributed by atoms with Crippen LogP contribution in [-0.4, -0.2) is 35.8 Å². The lowest BCUT2D eigenvalue weighted by molar-refractivity contribution is -0.128. The number of hydrogen-bond acceptors (Lipinski definition) is 4. The molecule has 2 atom stereocenters. The Morgan fingerprint density at radius 1 is 1.40 bits per heavy atom. The first-order valence-corrected chi connectivity index (χ1v) is 8.67. The molecule has 3 rings (SSSR count). The molecule has 1 aliphatic heterocycles. The van der Waals surface area contributed by atoms with Crippen LogP contribution in [0.25, 0.3) is 0 Å². The van der Waals surface area contributed by atoms with E-state index < -0.39 is 17.4 Å². The number of nitrogens with one attached hydrogen (secondary N) is 1. The van der Waals surface area contributed by atoms with Crippen molar-refractivity contribution in [2.24, 2.45) is 5.73 Å². The van der Waals surface area contributed by atoms with E-state index in [2.05, 4.69) is 5.32 Å². The number of Topliss-reactive ketones (excluding diaryl/α,β-unsaturated/α-hetero) is 1. The van der Waals surface area contributed by atoms with E-state index in [1.165, 1.54) is 12.5 Å². The van der Waals surface area contributed by atoms with Crippen LogP contribution in [0.4, 0.5) is 0 Å². The summed E-state index contributed by atoms with van der Waals surface area (Å²) in [5.74, 6) is -1.21.